The van der Waals surface area contributed by atoms with Crippen LogP contribution in [-0.4, -0.2) is 36.6 Å². The fraction of sp³-hybridized carbons (Fsp3) is 0.571. The molecule has 0 amide bonds. The van der Waals surface area contributed by atoms with Crippen molar-refractivity contribution in [2.45, 2.75) is 19.3 Å². The Hall–Kier alpha value is -1.31. The summed E-state index contributed by atoms with van der Waals surface area (Å²) >= 11 is 6.10. The van der Waals surface area contributed by atoms with Gasteiger partial charge in [0.25, 0.3) is 0 Å². The summed E-state index contributed by atoms with van der Waals surface area (Å²) in [4.78, 5) is 6.55. The standard InChI is InChI=1S/C14H19ClN4/c1-19-8-4-11(5-9-19)2-6-17-14-13(15)12(10-16)3-7-18-14/h3,7,11H,2,4-6,8-9H2,1H3,(H,17,18). The van der Waals surface area contributed by atoms with E-state index in [4.69, 9.17) is 16.9 Å². The molecule has 1 aromatic rings. The van der Waals surface area contributed by atoms with Gasteiger partial charge in [0.1, 0.15) is 16.9 Å². The van der Waals surface area contributed by atoms with Gasteiger partial charge in [-0.2, -0.15) is 5.26 Å². The molecule has 1 aliphatic rings. The number of anilines is 1. The van der Waals surface area contributed by atoms with Crippen LogP contribution in [0.3, 0.4) is 0 Å². The van der Waals surface area contributed by atoms with E-state index in [0.29, 0.717) is 16.4 Å². The highest BCUT2D eigenvalue weighted by Gasteiger charge is 2.16. The average Bonchev–Trinajstić information content (AvgIpc) is 2.43. The van der Waals surface area contributed by atoms with Crippen LogP contribution in [0.25, 0.3) is 0 Å². The van der Waals surface area contributed by atoms with Crippen molar-refractivity contribution in [2.75, 3.05) is 32.0 Å². The predicted octanol–water partition coefficient (Wildman–Crippen LogP) is 2.75. The van der Waals surface area contributed by atoms with E-state index in [1.807, 2.05) is 0 Å². The van der Waals surface area contributed by atoms with E-state index >= 15 is 0 Å². The number of rotatable bonds is 4. The minimum atomic E-state index is 0.424. The van der Waals surface area contributed by atoms with Crippen LogP contribution in [0.15, 0.2) is 12.3 Å². The van der Waals surface area contributed by atoms with Crippen molar-refractivity contribution in [3.8, 4) is 6.07 Å². The van der Waals surface area contributed by atoms with E-state index in [2.05, 4.69) is 28.3 Å². The Morgan fingerprint density at radius 1 is 1.53 bits per heavy atom. The fourth-order valence-electron chi connectivity index (χ4n) is 2.40. The third kappa shape index (κ3) is 3.82. The van der Waals surface area contributed by atoms with Crippen molar-refractivity contribution in [3.63, 3.8) is 0 Å². The molecule has 1 aromatic heterocycles. The lowest BCUT2D eigenvalue weighted by atomic mass is 9.94. The van der Waals surface area contributed by atoms with Gasteiger partial charge in [-0.3, -0.25) is 0 Å². The first kappa shape index (κ1) is 14.1. The molecule has 0 bridgehead atoms. The molecule has 0 aromatic carbocycles. The Kier molecular flexibility index (Phi) is 5.00. The first-order valence-electron chi connectivity index (χ1n) is 6.67. The summed E-state index contributed by atoms with van der Waals surface area (Å²) < 4.78 is 0. The summed E-state index contributed by atoms with van der Waals surface area (Å²) in [5.41, 5.74) is 0.471. The van der Waals surface area contributed by atoms with Gasteiger partial charge < -0.3 is 10.2 Å². The number of pyridine rings is 1. The lowest BCUT2D eigenvalue weighted by Gasteiger charge is -2.28. The summed E-state index contributed by atoms with van der Waals surface area (Å²) in [6.45, 7) is 3.23. The highest BCUT2D eigenvalue weighted by atomic mass is 35.5. The Bertz CT molecular complexity index is 461. The molecule has 2 heterocycles. The summed E-state index contributed by atoms with van der Waals surface area (Å²) in [6.07, 6.45) is 5.26. The van der Waals surface area contributed by atoms with Crippen molar-refractivity contribution >= 4 is 17.4 Å². The molecule has 1 saturated heterocycles. The Morgan fingerprint density at radius 2 is 2.26 bits per heavy atom. The molecule has 4 nitrogen and oxygen atoms in total. The molecule has 5 heteroatoms. The van der Waals surface area contributed by atoms with Gasteiger partial charge in [-0.1, -0.05) is 11.6 Å². The molecule has 0 saturated carbocycles. The molecule has 0 spiro atoms. The number of nitrogens with zero attached hydrogens (tertiary/aromatic N) is 3. The number of aromatic nitrogens is 1. The maximum Gasteiger partial charge on any atom is 0.146 e. The molecular weight excluding hydrogens is 260 g/mol. The zero-order valence-corrected chi connectivity index (χ0v) is 12.0. The zero-order valence-electron chi connectivity index (χ0n) is 11.2. The van der Waals surface area contributed by atoms with Crippen LogP contribution in [0.5, 0.6) is 0 Å². The summed E-state index contributed by atoms with van der Waals surface area (Å²) in [5, 5.41) is 12.6. The van der Waals surface area contributed by atoms with Gasteiger partial charge in [0.05, 0.1) is 5.56 Å². The topological polar surface area (TPSA) is 52.0 Å². The Balaban J connectivity index is 1.81. The summed E-state index contributed by atoms with van der Waals surface area (Å²) in [6, 6.07) is 3.69. The van der Waals surface area contributed by atoms with Gasteiger partial charge in [0.2, 0.25) is 0 Å². The van der Waals surface area contributed by atoms with Crippen LogP contribution in [-0.2, 0) is 0 Å². The van der Waals surface area contributed by atoms with Crippen LogP contribution >= 0.6 is 11.6 Å². The maximum absolute atomic E-state index is 8.90. The van der Waals surface area contributed by atoms with Gasteiger partial charge in [0.15, 0.2) is 0 Å². The quantitative estimate of drug-likeness (QED) is 0.920. The monoisotopic (exact) mass is 278 g/mol. The number of nitrogens with one attached hydrogen (secondary N) is 1. The number of hydrogen-bond acceptors (Lipinski definition) is 4. The molecule has 1 N–H and O–H groups in total. The van der Waals surface area contributed by atoms with Crippen LogP contribution < -0.4 is 5.32 Å². The number of nitriles is 1. The average molecular weight is 279 g/mol. The third-order valence-electron chi connectivity index (χ3n) is 3.69. The smallest absolute Gasteiger partial charge is 0.146 e. The predicted molar refractivity (Wildman–Crippen MR) is 77.3 cm³/mol. The largest absolute Gasteiger partial charge is 0.369 e. The molecule has 102 valence electrons. The Morgan fingerprint density at radius 3 is 2.95 bits per heavy atom. The first-order valence-corrected chi connectivity index (χ1v) is 7.05. The number of piperidine rings is 1. The lowest BCUT2D eigenvalue weighted by molar-refractivity contribution is 0.215. The van der Waals surface area contributed by atoms with Gasteiger partial charge in [0, 0.05) is 12.7 Å². The maximum atomic E-state index is 8.90. The SMILES string of the molecule is CN1CCC(CCNc2nccc(C#N)c2Cl)CC1. The molecule has 0 unspecified atom stereocenters. The third-order valence-corrected chi connectivity index (χ3v) is 4.08. The van der Waals surface area contributed by atoms with Crippen molar-refractivity contribution in [1.82, 2.24) is 9.88 Å². The molecular formula is C14H19ClN4. The summed E-state index contributed by atoms with van der Waals surface area (Å²) in [7, 11) is 2.17. The molecule has 1 aliphatic heterocycles. The number of hydrogen-bond donors (Lipinski definition) is 1. The van der Waals surface area contributed by atoms with E-state index in [9.17, 15) is 0 Å². The van der Waals surface area contributed by atoms with Gasteiger partial charge in [-0.15, -0.1) is 0 Å². The molecule has 0 aliphatic carbocycles. The second-order valence-electron chi connectivity index (χ2n) is 5.10. The molecule has 0 atom stereocenters. The second-order valence-corrected chi connectivity index (χ2v) is 5.47. The van der Waals surface area contributed by atoms with Gasteiger partial charge >= 0.3 is 0 Å². The van der Waals surface area contributed by atoms with E-state index in [1.54, 1.807) is 12.3 Å². The lowest BCUT2D eigenvalue weighted by Crippen LogP contribution is -2.30. The Labute approximate surface area is 119 Å². The minimum Gasteiger partial charge on any atom is -0.369 e. The van der Waals surface area contributed by atoms with Crippen LogP contribution in [0.1, 0.15) is 24.8 Å². The van der Waals surface area contributed by atoms with Gasteiger partial charge in [-0.25, -0.2) is 4.98 Å². The number of halogens is 1. The van der Waals surface area contributed by atoms with Crippen LogP contribution in [0.4, 0.5) is 5.82 Å². The van der Waals surface area contributed by atoms with Crippen LogP contribution in [0, 0.1) is 17.2 Å². The normalized spacial score (nSPS) is 17.1. The van der Waals surface area contributed by atoms with Crippen molar-refractivity contribution in [3.05, 3.63) is 22.8 Å². The van der Waals surface area contributed by atoms with E-state index < -0.39 is 0 Å². The molecule has 1 fully saturated rings. The highest BCUT2D eigenvalue weighted by molar-refractivity contribution is 6.34. The summed E-state index contributed by atoms with van der Waals surface area (Å²) in [5.74, 6) is 1.40. The fourth-order valence-corrected chi connectivity index (χ4v) is 2.62. The van der Waals surface area contributed by atoms with E-state index in [1.165, 1.54) is 25.9 Å². The van der Waals surface area contributed by atoms with Crippen LogP contribution in [0.2, 0.25) is 5.02 Å². The number of likely N-dealkylation sites (tertiary alicyclic amines) is 1. The van der Waals surface area contributed by atoms with Crippen molar-refractivity contribution in [2.24, 2.45) is 5.92 Å². The van der Waals surface area contributed by atoms with E-state index in [0.717, 1.165) is 18.9 Å². The second kappa shape index (κ2) is 6.74. The van der Waals surface area contributed by atoms with Crippen molar-refractivity contribution in [1.29, 1.82) is 5.26 Å². The highest BCUT2D eigenvalue weighted by Crippen LogP contribution is 2.24. The molecule has 2 rings (SSSR count). The molecule has 19 heavy (non-hydrogen) atoms. The zero-order chi connectivity index (χ0) is 13.7. The van der Waals surface area contributed by atoms with Gasteiger partial charge in [-0.05, 0) is 51.4 Å². The van der Waals surface area contributed by atoms with E-state index in [-0.39, 0.29) is 0 Å². The minimum absolute atomic E-state index is 0.424. The molecule has 0 radical (unpaired) electrons. The van der Waals surface area contributed by atoms with Crippen molar-refractivity contribution < 1.29 is 0 Å². The first-order chi connectivity index (χ1) is 9.20.